The quantitative estimate of drug-likeness (QED) is 0.645. The van der Waals surface area contributed by atoms with Gasteiger partial charge in [-0.2, -0.15) is 0 Å². The number of likely N-dealkylation sites (tertiary alicyclic amines) is 1. The van der Waals surface area contributed by atoms with E-state index >= 15 is 0 Å². The number of benzene rings is 1. The number of nitrogens with one attached hydrogen (secondary N) is 2. The number of fused-ring (bicyclic) bond motifs is 1. The lowest BCUT2D eigenvalue weighted by atomic mass is 9.95. The SMILES string of the molecule is Cc1ccoc1C(=O)NC1CCN(CC(=O)NC(c2ccc3c(c2)OCCCO3)C(C)C)CC1. The molecule has 0 radical (unpaired) electrons. The first-order valence-electron chi connectivity index (χ1n) is 12.2. The highest BCUT2D eigenvalue weighted by atomic mass is 16.5. The van der Waals surface area contributed by atoms with Crippen molar-refractivity contribution in [3.8, 4) is 11.5 Å². The first-order chi connectivity index (χ1) is 16.4. The molecule has 184 valence electrons. The summed E-state index contributed by atoms with van der Waals surface area (Å²) in [5.41, 5.74) is 1.85. The predicted molar refractivity (Wildman–Crippen MR) is 128 cm³/mol. The number of hydrogen-bond acceptors (Lipinski definition) is 6. The highest BCUT2D eigenvalue weighted by molar-refractivity contribution is 5.93. The molecule has 1 atom stereocenters. The molecular formula is C26H35N3O5. The smallest absolute Gasteiger partial charge is 0.287 e. The van der Waals surface area contributed by atoms with E-state index in [1.807, 2.05) is 25.1 Å². The van der Waals surface area contributed by atoms with Gasteiger partial charge < -0.3 is 24.5 Å². The molecule has 4 rings (SSSR count). The number of piperidine rings is 1. The van der Waals surface area contributed by atoms with Gasteiger partial charge in [-0.1, -0.05) is 19.9 Å². The Kier molecular flexibility index (Phi) is 7.77. The van der Waals surface area contributed by atoms with Gasteiger partial charge in [0.1, 0.15) is 0 Å². The van der Waals surface area contributed by atoms with E-state index in [2.05, 4.69) is 29.4 Å². The van der Waals surface area contributed by atoms with Gasteiger partial charge >= 0.3 is 0 Å². The van der Waals surface area contributed by atoms with Gasteiger partial charge in [0.2, 0.25) is 5.91 Å². The van der Waals surface area contributed by atoms with E-state index < -0.39 is 0 Å². The minimum atomic E-state index is -0.173. The van der Waals surface area contributed by atoms with Crippen molar-refractivity contribution in [2.45, 2.75) is 52.1 Å². The molecule has 0 spiro atoms. The number of nitrogens with zero attached hydrogens (tertiary/aromatic N) is 1. The number of amides is 2. The van der Waals surface area contributed by atoms with Gasteiger partial charge in [0.15, 0.2) is 17.3 Å². The maximum Gasteiger partial charge on any atom is 0.287 e. The fourth-order valence-electron chi connectivity index (χ4n) is 4.52. The van der Waals surface area contributed by atoms with Crippen LogP contribution in [0.1, 0.15) is 60.8 Å². The molecule has 3 heterocycles. The van der Waals surface area contributed by atoms with Crippen molar-refractivity contribution < 1.29 is 23.5 Å². The Bertz CT molecular complexity index is 994. The van der Waals surface area contributed by atoms with Crippen LogP contribution in [0.15, 0.2) is 34.9 Å². The van der Waals surface area contributed by atoms with Crippen LogP contribution < -0.4 is 20.1 Å². The summed E-state index contributed by atoms with van der Waals surface area (Å²) in [7, 11) is 0. The zero-order valence-electron chi connectivity index (χ0n) is 20.3. The standard InChI is InChI=1S/C26H35N3O5/c1-17(2)24(19-5-6-21-22(15-19)33-13-4-12-32-21)28-23(30)16-29-10-7-20(8-11-29)27-26(31)25-18(3)9-14-34-25/h5-6,9,14-15,17,20,24H,4,7-8,10-13,16H2,1-3H3,(H,27,31)(H,28,30). The third-order valence-corrected chi connectivity index (χ3v) is 6.47. The summed E-state index contributed by atoms with van der Waals surface area (Å²) in [6.45, 7) is 9.19. The Morgan fingerprint density at radius 2 is 1.82 bits per heavy atom. The van der Waals surface area contributed by atoms with Gasteiger partial charge in [0.25, 0.3) is 5.91 Å². The number of hydrogen-bond donors (Lipinski definition) is 2. The maximum absolute atomic E-state index is 12.9. The van der Waals surface area contributed by atoms with Crippen LogP contribution >= 0.6 is 0 Å². The molecule has 1 aromatic heterocycles. The largest absolute Gasteiger partial charge is 0.490 e. The molecule has 34 heavy (non-hydrogen) atoms. The molecule has 0 saturated carbocycles. The molecule has 0 aliphatic carbocycles. The fourth-order valence-corrected chi connectivity index (χ4v) is 4.52. The molecule has 1 fully saturated rings. The van der Waals surface area contributed by atoms with Gasteiger partial charge in [0.05, 0.1) is 32.1 Å². The van der Waals surface area contributed by atoms with E-state index in [0.717, 1.165) is 55.0 Å². The zero-order valence-corrected chi connectivity index (χ0v) is 20.3. The minimum absolute atomic E-state index is 0.000456. The summed E-state index contributed by atoms with van der Waals surface area (Å²) in [5, 5.41) is 6.26. The molecule has 1 saturated heterocycles. The maximum atomic E-state index is 12.9. The second kappa shape index (κ2) is 11.0. The van der Waals surface area contributed by atoms with Crippen molar-refractivity contribution in [1.82, 2.24) is 15.5 Å². The van der Waals surface area contributed by atoms with Crippen LogP contribution in [0.3, 0.4) is 0 Å². The number of carbonyl (C=O) groups excluding carboxylic acids is 2. The zero-order chi connectivity index (χ0) is 24.1. The van der Waals surface area contributed by atoms with Crippen LogP contribution in [0.4, 0.5) is 0 Å². The van der Waals surface area contributed by atoms with E-state index in [9.17, 15) is 9.59 Å². The molecule has 0 bridgehead atoms. The lowest BCUT2D eigenvalue weighted by Crippen LogP contribution is -2.48. The average molecular weight is 470 g/mol. The third kappa shape index (κ3) is 5.91. The first kappa shape index (κ1) is 24.1. The van der Waals surface area contributed by atoms with E-state index in [1.165, 1.54) is 6.26 Å². The summed E-state index contributed by atoms with van der Waals surface area (Å²) in [5.74, 6) is 1.92. The fraction of sp³-hybridized carbons (Fsp3) is 0.538. The second-order valence-electron chi connectivity index (χ2n) is 9.50. The Balaban J connectivity index is 1.28. The third-order valence-electron chi connectivity index (χ3n) is 6.47. The molecule has 8 heteroatoms. The van der Waals surface area contributed by atoms with Crippen molar-refractivity contribution >= 4 is 11.8 Å². The van der Waals surface area contributed by atoms with Crippen LogP contribution in [-0.2, 0) is 4.79 Å². The van der Waals surface area contributed by atoms with Crippen molar-refractivity contribution in [3.63, 3.8) is 0 Å². The summed E-state index contributed by atoms with van der Waals surface area (Å²) < 4.78 is 16.8. The van der Waals surface area contributed by atoms with Gasteiger partial charge in [-0.25, -0.2) is 0 Å². The lowest BCUT2D eigenvalue weighted by molar-refractivity contribution is -0.123. The van der Waals surface area contributed by atoms with E-state index in [0.29, 0.717) is 25.5 Å². The number of furan rings is 1. The molecule has 2 aromatic rings. The summed E-state index contributed by atoms with van der Waals surface area (Å²) in [6, 6.07) is 7.68. The Hall–Kier alpha value is -3.00. The molecule has 1 unspecified atom stereocenters. The van der Waals surface area contributed by atoms with Crippen LogP contribution in [0.2, 0.25) is 0 Å². The predicted octanol–water partition coefficient (Wildman–Crippen LogP) is 3.46. The lowest BCUT2D eigenvalue weighted by Gasteiger charge is -2.32. The van der Waals surface area contributed by atoms with E-state index in [4.69, 9.17) is 13.9 Å². The van der Waals surface area contributed by atoms with Gasteiger partial charge in [-0.05, 0) is 49.4 Å². The molecule has 2 aliphatic heterocycles. The summed E-state index contributed by atoms with van der Waals surface area (Å²) >= 11 is 0. The molecule has 1 aromatic carbocycles. The summed E-state index contributed by atoms with van der Waals surface area (Å²) in [4.78, 5) is 27.4. The number of aryl methyl sites for hydroxylation is 1. The Morgan fingerprint density at radius 3 is 2.50 bits per heavy atom. The number of carbonyl (C=O) groups is 2. The monoisotopic (exact) mass is 469 g/mol. The highest BCUT2D eigenvalue weighted by Crippen LogP contribution is 2.34. The van der Waals surface area contributed by atoms with Crippen LogP contribution in [0.5, 0.6) is 11.5 Å². The Morgan fingerprint density at radius 1 is 1.09 bits per heavy atom. The van der Waals surface area contributed by atoms with Crippen LogP contribution in [-0.4, -0.2) is 55.6 Å². The molecule has 2 aliphatic rings. The van der Waals surface area contributed by atoms with Gasteiger partial charge in [0, 0.05) is 31.1 Å². The topological polar surface area (TPSA) is 93.0 Å². The molecule has 8 nitrogen and oxygen atoms in total. The van der Waals surface area contributed by atoms with Crippen molar-refractivity contribution in [2.24, 2.45) is 5.92 Å². The average Bonchev–Trinajstić information content (AvgIpc) is 3.11. The second-order valence-corrected chi connectivity index (χ2v) is 9.50. The Labute approximate surface area is 201 Å². The van der Waals surface area contributed by atoms with Crippen LogP contribution in [0, 0.1) is 12.8 Å². The summed E-state index contributed by atoms with van der Waals surface area (Å²) in [6.07, 6.45) is 3.99. The first-order valence-corrected chi connectivity index (χ1v) is 12.2. The van der Waals surface area contributed by atoms with Crippen molar-refractivity contribution in [3.05, 3.63) is 47.4 Å². The van der Waals surface area contributed by atoms with Gasteiger partial charge in [-0.15, -0.1) is 0 Å². The van der Waals surface area contributed by atoms with Gasteiger partial charge in [-0.3, -0.25) is 14.5 Å². The normalized spacial score (nSPS) is 17.8. The van der Waals surface area contributed by atoms with Crippen LogP contribution in [0.25, 0.3) is 0 Å². The van der Waals surface area contributed by atoms with Crippen molar-refractivity contribution in [1.29, 1.82) is 0 Å². The minimum Gasteiger partial charge on any atom is -0.490 e. The highest BCUT2D eigenvalue weighted by Gasteiger charge is 2.26. The molecule has 2 amide bonds. The number of rotatable bonds is 7. The molecule has 2 N–H and O–H groups in total. The van der Waals surface area contributed by atoms with E-state index in [-0.39, 0.29) is 29.8 Å². The van der Waals surface area contributed by atoms with Crippen molar-refractivity contribution in [2.75, 3.05) is 32.8 Å². The molecular weight excluding hydrogens is 434 g/mol. The number of ether oxygens (including phenoxy) is 2. The van der Waals surface area contributed by atoms with E-state index in [1.54, 1.807) is 6.07 Å².